The zero-order valence-electron chi connectivity index (χ0n) is 10.2. The van der Waals surface area contributed by atoms with Gasteiger partial charge in [0.05, 0.1) is 0 Å². The first-order valence-corrected chi connectivity index (χ1v) is 8.64. The van der Waals surface area contributed by atoms with Crippen LogP contribution in [0, 0.1) is 0 Å². The molecule has 0 saturated carbocycles. The molecule has 0 heterocycles. The number of hydrogen-bond acceptors (Lipinski definition) is 1. The fourth-order valence-electron chi connectivity index (χ4n) is 2.36. The molecule has 0 amide bonds. The summed E-state index contributed by atoms with van der Waals surface area (Å²) in [5.41, 5.74) is 6.86. The molecule has 0 aromatic heterocycles. The zero-order chi connectivity index (χ0) is 11.3. The van der Waals surface area contributed by atoms with Crippen LogP contribution in [0.2, 0.25) is 0 Å². The molecule has 0 atom stereocenters. The van der Waals surface area contributed by atoms with Gasteiger partial charge in [-0.25, -0.2) is 0 Å². The van der Waals surface area contributed by atoms with Gasteiger partial charge in [-0.1, -0.05) is 0 Å². The summed E-state index contributed by atoms with van der Waals surface area (Å²) in [6.45, 7) is 7.68. The Balaban J connectivity index is 3.01. The second-order valence-electron chi connectivity index (χ2n) is 4.24. The Labute approximate surface area is 94.4 Å². The molecule has 0 radical (unpaired) electrons. The number of nitrogens with two attached hydrogens (primary N) is 1. The minimum absolute atomic E-state index is 0.652. The summed E-state index contributed by atoms with van der Waals surface area (Å²) < 4.78 is 0. The molecule has 1 rings (SSSR count). The van der Waals surface area contributed by atoms with Crippen LogP contribution >= 0.6 is 7.26 Å². The molecular formula is C13H24NP. The second-order valence-corrected chi connectivity index (χ2v) is 9.50. The van der Waals surface area contributed by atoms with Crippen molar-refractivity contribution < 1.29 is 0 Å². The van der Waals surface area contributed by atoms with E-state index in [0.29, 0.717) is 6.54 Å². The molecule has 1 aromatic carbocycles. The molecule has 0 aliphatic heterocycles. The molecule has 0 spiro atoms. The Hall–Kier alpha value is -0.390. The molecule has 2 N–H and O–H groups in total. The van der Waals surface area contributed by atoms with E-state index in [1.54, 1.807) is 5.30 Å². The molecule has 15 heavy (non-hydrogen) atoms. The number of benzene rings is 1. The van der Waals surface area contributed by atoms with Crippen LogP contribution < -0.4 is 11.0 Å². The third-order valence-corrected chi connectivity index (χ3v) is 9.45. The summed E-state index contributed by atoms with van der Waals surface area (Å²) in [6, 6.07) is 9.01. The van der Waals surface area contributed by atoms with Crippen molar-refractivity contribution in [3.8, 4) is 0 Å². The van der Waals surface area contributed by atoms with Crippen molar-refractivity contribution in [2.24, 2.45) is 5.73 Å². The second kappa shape index (κ2) is 5.63. The standard InChI is InChI=1S/C13H24NP/c1-4-15(5-2,6-3)13-9-7-12(11-14)8-10-13/h7-10,15H,4-6,11,14H2,1-3H3. The molecule has 0 fully saturated rings. The topological polar surface area (TPSA) is 26.0 Å². The Morgan fingerprint density at radius 1 is 0.933 bits per heavy atom. The third kappa shape index (κ3) is 2.59. The summed E-state index contributed by atoms with van der Waals surface area (Å²) in [7, 11) is -1.17. The van der Waals surface area contributed by atoms with Crippen molar-refractivity contribution in [2.75, 3.05) is 18.5 Å². The summed E-state index contributed by atoms with van der Waals surface area (Å²) in [5.74, 6) is 0. The zero-order valence-corrected chi connectivity index (χ0v) is 11.2. The first-order valence-electron chi connectivity index (χ1n) is 6.02. The molecular weight excluding hydrogens is 201 g/mol. The molecule has 0 saturated heterocycles. The van der Waals surface area contributed by atoms with E-state index in [2.05, 4.69) is 45.0 Å². The van der Waals surface area contributed by atoms with Crippen LogP contribution in [-0.4, -0.2) is 18.5 Å². The van der Waals surface area contributed by atoms with Crippen molar-refractivity contribution in [1.29, 1.82) is 0 Å². The first kappa shape index (κ1) is 12.7. The summed E-state index contributed by atoms with van der Waals surface area (Å²) in [5, 5.41) is 1.60. The maximum atomic E-state index is 5.62. The normalized spacial score (nSPS) is 12.8. The van der Waals surface area contributed by atoms with Gasteiger partial charge in [0.15, 0.2) is 0 Å². The molecule has 0 aliphatic carbocycles. The van der Waals surface area contributed by atoms with Crippen molar-refractivity contribution >= 4 is 12.6 Å². The van der Waals surface area contributed by atoms with Gasteiger partial charge in [-0.15, -0.1) is 0 Å². The monoisotopic (exact) mass is 225 g/mol. The van der Waals surface area contributed by atoms with Gasteiger partial charge in [-0.3, -0.25) is 0 Å². The van der Waals surface area contributed by atoms with Gasteiger partial charge in [-0.05, 0) is 0 Å². The van der Waals surface area contributed by atoms with Crippen LogP contribution in [0.4, 0.5) is 0 Å². The van der Waals surface area contributed by atoms with Gasteiger partial charge in [0.1, 0.15) is 0 Å². The van der Waals surface area contributed by atoms with Crippen molar-refractivity contribution in [2.45, 2.75) is 27.3 Å². The first-order chi connectivity index (χ1) is 7.22. The van der Waals surface area contributed by atoms with E-state index in [1.165, 1.54) is 24.0 Å². The van der Waals surface area contributed by atoms with E-state index >= 15 is 0 Å². The van der Waals surface area contributed by atoms with Gasteiger partial charge in [0.2, 0.25) is 0 Å². The Morgan fingerprint density at radius 3 is 1.73 bits per heavy atom. The van der Waals surface area contributed by atoms with Crippen LogP contribution in [-0.2, 0) is 6.54 Å². The van der Waals surface area contributed by atoms with Crippen molar-refractivity contribution in [1.82, 2.24) is 0 Å². The Bertz CT molecular complexity index is 280. The van der Waals surface area contributed by atoms with E-state index < -0.39 is 7.26 Å². The predicted molar refractivity (Wildman–Crippen MR) is 73.9 cm³/mol. The van der Waals surface area contributed by atoms with Crippen LogP contribution in [0.5, 0.6) is 0 Å². The fraction of sp³-hybridized carbons (Fsp3) is 0.538. The van der Waals surface area contributed by atoms with Gasteiger partial charge in [0, 0.05) is 0 Å². The average molecular weight is 225 g/mol. The van der Waals surface area contributed by atoms with Crippen LogP contribution in [0.1, 0.15) is 26.3 Å². The SMILES string of the molecule is CC[PH](CC)(CC)c1ccc(CN)cc1. The van der Waals surface area contributed by atoms with E-state index in [-0.39, 0.29) is 0 Å². The van der Waals surface area contributed by atoms with Gasteiger partial charge >= 0.3 is 93.9 Å². The van der Waals surface area contributed by atoms with Crippen molar-refractivity contribution in [3.63, 3.8) is 0 Å². The molecule has 1 nitrogen and oxygen atoms in total. The summed E-state index contributed by atoms with van der Waals surface area (Å²) >= 11 is 0. The number of rotatable bonds is 5. The van der Waals surface area contributed by atoms with Crippen molar-refractivity contribution in [3.05, 3.63) is 29.8 Å². The van der Waals surface area contributed by atoms with Gasteiger partial charge in [-0.2, -0.15) is 0 Å². The van der Waals surface area contributed by atoms with E-state index in [0.717, 1.165) is 0 Å². The van der Waals surface area contributed by atoms with E-state index in [1.807, 2.05) is 0 Å². The Kier molecular flexibility index (Phi) is 4.76. The number of hydrogen-bond donors (Lipinski definition) is 1. The fourth-order valence-corrected chi connectivity index (χ4v) is 5.96. The van der Waals surface area contributed by atoms with Gasteiger partial charge < -0.3 is 0 Å². The van der Waals surface area contributed by atoms with E-state index in [9.17, 15) is 0 Å². The Morgan fingerprint density at radius 2 is 1.40 bits per heavy atom. The summed E-state index contributed by atoms with van der Waals surface area (Å²) in [6.07, 6.45) is 4.05. The molecule has 86 valence electrons. The molecule has 1 aromatic rings. The summed E-state index contributed by atoms with van der Waals surface area (Å²) in [4.78, 5) is 0. The van der Waals surface area contributed by atoms with Crippen LogP contribution in [0.3, 0.4) is 0 Å². The molecule has 0 aliphatic rings. The van der Waals surface area contributed by atoms with Crippen LogP contribution in [0.15, 0.2) is 24.3 Å². The minimum atomic E-state index is -1.17. The van der Waals surface area contributed by atoms with Crippen LogP contribution in [0.25, 0.3) is 0 Å². The predicted octanol–water partition coefficient (Wildman–Crippen LogP) is 2.58. The molecule has 0 bridgehead atoms. The molecule has 2 heteroatoms. The van der Waals surface area contributed by atoms with Gasteiger partial charge in [0.25, 0.3) is 0 Å². The average Bonchev–Trinajstić information content (AvgIpc) is 2.33. The third-order valence-electron chi connectivity index (χ3n) is 3.83. The van der Waals surface area contributed by atoms with E-state index in [4.69, 9.17) is 5.73 Å². The maximum absolute atomic E-state index is 5.62. The molecule has 0 unspecified atom stereocenters. The quantitative estimate of drug-likeness (QED) is 0.766.